The van der Waals surface area contributed by atoms with E-state index >= 15 is 0 Å². The van der Waals surface area contributed by atoms with Gasteiger partial charge < -0.3 is 4.74 Å². The number of benzene rings is 1. The van der Waals surface area contributed by atoms with Gasteiger partial charge in [0.25, 0.3) is 0 Å². The molecule has 170 valence electrons. The number of hydrogen-bond acceptors (Lipinski definition) is 5. The Morgan fingerprint density at radius 2 is 1.97 bits per heavy atom. The number of amides is 1. The molecule has 0 saturated heterocycles. The lowest BCUT2D eigenvalue weighted by molar-refractivity contribution is 0.0575. The highest BCUT2D eigenvalue weighted by Crippen LogP contribution is 2.42. The first-order valence-corrected chi connectivity index (χ1v) is 11.3. The normalized spacial score (nSPS) is 13.9. The summed E-state index contributed by atoms with van der Waals surface area (Å²) in [6.07, 6.45) is 7.19. The lowest BCUT2D eigenvalue weighted by atomic mass is 10.2. The number of anilines is 1. The van der Waals surface area contributed by atoms with Crippen molar-refractivity contribution in [3.8, 4) is 5.69 Å². The van der Waals surface area contributed by atoms with Gasteiger partial charge in [0, 0.05) is 24.0 Å². The molecule has 8 nitrogen and oxygen atoms in total. The monoisotopic (exact) mass is 464 g/mol. The SMILES string of the molecule is CC(C)(C)OC(=O)N(Cc1ccc(-n2cccn2)cc1)c1cc(Cl)nc2c(C3CC3)cnn12. The van der Waals surface area contributed by atoms with E-state index in [0.717, 1.165) is 29.7 Å². The van der Waals surface area contributed by atoms with E-state index in [1.165, 1.54) is 0 Å². The molecule has 1 fully saturated rings. The van der Waals surface area contributed by atoms with Gasteiger partial charge in [-0.15, -0.1) is 0 Å². The average molecular weight is 465 g/mol. The molecule has 1 aliphatic carbocycles. The van der Waals surface area contributed by atoms with Gasteiger partial charge in [0.2, 0.25) is 0 Å². The van der Waals surface area contributed by atoms with Crippen molar-refractivity contribution >= 4 is 29.2 Å². The molecule has 3 aromatic heterocycles. The first-order chi connectivity index (χ1) is 15.8. The van der Waals surface area contributed by atoms with Crippen LogP contribution in [0.1, 0.15) is 50.7 Å². The number of aromatic nitrogens is 5. The summed E-state index contributed by atoms with van der Waals surface area (Å²) in [5.74, 6) is 0.966. The molecule has 0 spiro atoms. The number of halogens is 1. The highest BCUT2D eigenvalue weighted by Gasteiger charge is 2.31. The Bertz CT molecular complexity index is 1290. The molecular formula is C24H25ClN6O2. The highest BCUT2D eigenvalue weighted by molar-refractivity contribution is 6.29. The van der Waals surface area contributed by atoms with E-state index in [4.69, 9.17) is 16.3 Å². The van der Waals surface area contributed by atoms with Gasteiger partial charge in [-0.2, -0.15) is 14.7 Å². The van der Waals surface area contributed by atoms with Crippen LogP contribution in [-0.2, 0) is 11.3 Å². The molecule has 0 radical (unpaired) electrons. The molecule has 1 saturated carbocycles. The Morgan fingerprint density at radius 1 is 1.21 bits per heavy atom. The first kappa shape index (κ1) is 21.5. The quantitative estimate of drug-likeness (QED) is 0.370. The zero-order valence-electron chi connectivity index (χ0n) is 18.8. The summed E-state index contributed by atoms with van der Waals surface area (Å²) in [5.41, 5.74) is 2.95. The summed E-state index contributed by atoms with van der Waals surface area (Å²) in [6, 6.07) is 11.4. The molecular weight excluding hydrogens is 440 g/mol. The smallest absolute Gasteiger partial charge is 0.416 e. The van der Waals surface area contributed by atoms with E-state index in [2.05, 4.69) is 15.2 Å². The van der Waals surface area contributed by atoms with Gasteiger partial charge in [0.05, 0.1) is 18.4 Å². The molecule has 4 aromatic rings. The number of carbonyl (C=O) groups is 1. The standard InChI is InChI=1S/C24H25ClN6O2/c1-24(2,3)33-23(32)29(15-16-5-9-18(10-6-16)30-12-4-11-26-30)21-13-20(25)28-22-19(17-7-8-17)14-27-31(21)22/h4-6,9-14,17H,7-8,15H2,1-3H3. The predicted molar refractivity (Wildman–Crippen MR) is 126 cm³/mol. The number of nitrogens with zero attached hydrogens (tertiary/aromatic N) is 6. The highest BCUT2D eigenvalue weighted by atomic mass is 35.5. The molecule has 1 aromatic carbocycles. The summed E-state index contributed by atoms with van der Waals surface area (Å²) in [5, 5.41) is 9.11. The summed E-state index contributed by atoms with van der Waals surface area (Å²) >= 11 is 6.40. The second kappa shape index (κ2) is 8.19. The van der Waals surface area contributed by atoms with Crippen molar-refractivity contribution in [2.75, 3.05) is 4.90 Å². The minimum Gasteiger partial charge on any atom is -0.443 e. The second-order valence-electron chi connectivity index (χ2n) is 9.23. The van der Waals surface area contributed by atoms with E-state index in [1.54, 1.807) is 26.4 Å². The van der Waals surface area contributed by atoms with Gasteiger partial charge in [-0.3, -0.25) is 4.90 Å². The Morgan fingerprint density at radius 3 is 2.61 bits per heavy atom. The van der Waals surface area contributed by atoms with Crippen LogP contribution >= 0.6 is 11.6 Å². The maximum atomic E-state index is 13.3. The molecule has 0 unspecified atom stereocenters. The number of fused-ring (bicyclic) bond motifs is 1. The van der Waals surface area contributed by atoms with Crippen LogP contribution in [0.3, 0.4) is 0 Å². The Hall–Kier alpha value is -3.39. The van der Waals surface area contributed by atoms with Crippen molar-refractivity contribution in [3.63, 3.8) is 0 Å². The van der Waals surface area contributed by atoms with Gasteiger partial charge in [0.1, 0.15) is 16.6 Å². The Balaban J connectivity index is 1.53. The van der Waals surface area contributed by atoms with E-state index in [-0.39, 0.29) is 6.54 Å². The third kappa shape index (κ3) is 4.57. The molecule has 1 aliphatic rings. The number of rotatable bonds is 5. The largest absolute Gasteiger partial charge is 0.443 e. The predicted octanol–water partition coefficient (Wildman–Crippen LogP) is 5.39. The van der Waals surface area contributed by atoms with Crippen LogP contribution in [0.5, 0.6) is 0 Å². The fourth-order valence-electron chi connectivity index (χ4n) is 3.72. The molecule has 0 aliphatic heterocycles. The minimum absolute atomic E-state index is 0.280. The zero-order chi connectivity index (χ0) is 23.2. The molecule has 33 heavy (non-hydrogen) atoms. The molecule has 9 heteroatoms. The molecule has 3 heterocycles. The van der Waals surface area contributed by atoms with E-state index in [0.29, 0.717) is 22.5 Å². The van der Waals surface area contributed by atoms with Gasteiger partial charge in [-0.25, -0.2) is 14.5 Å². The molecule has 0 bridgehead atoms. The van der Waals surface area contributed by atoms with Crippen molar-refractivity contribution in [2.24, 2.45) is 0 Å². The van der Waals surface area contributed by atoms with Crippen molar-refractivity contribution in [2.45, 2.75) is 51.7 Å². The summed E-state index contributed by atoms with van der Waals surface area (Å²) < 4.78 is 9.20. The summed E-state index contributed by atoms with van der Waals surface area (Å²) in [6.45, 7) is 5.81. The summed E-state index contributed by atoms with van der Waals surface area (Å²) in [4.78, 5) is 19.4. The van der Waals surface area contributed by atoms with Crippen LogP contribution in [0.2, 0.25) is 5.15 Å². The lowest BCUT2D eigenvalue weighted by Gasteiger charge is -2.27. The van der Waals surface area contributed by atoms with E-state index in [9.17, 15) is 4.79 Å². The Kier molecular flexibility index (Phi) is 5.32. The fraction of sp³-hybridized carbons (Fsp3) is 0.333. The molecule has 0 atom stereocenters. The maximum Gasteiger partial charge on any atom is 0.416 e. The van der Waals surface area contributed by atoms with Crippen LogP contribution < -0.4 is 4.90 Å². The Labute approximate surface area is 196 Å². The lowest BCUT2D eigenvalue weighted by Crippen LogP contribution is -2.37. The molecule has 5 rings (SSSR count). The van der Waals surface area contributed by atoms with Crippen molar-refractivity contribution in [3.05, 3.63) is 71.3 Å². The van der Waals surface area contributed by atoms with E-state index in [1.807, 2.05) is 63.5 Å². The third-order valence-corrected chi connectivity index (χ3v) is 5.60. The topological polar surface area (TPSA) is 77.5 Å². The van der Waals surface area contributed by atoms with Crippen LogP contribution in [0.15, 0.2) is 55.0 Å². The van der Waals surface area contributed by atoms with E-state index < -0.39 is 11.7 Å². The van der Waals surface area contributed by atoms with Crippen molar-refractivity contribution in [1.29, 1.82) is 0 Å². The zero-order valence-corrected chi connectivity index (χ0v) is 19.5. The van der Waals surface area contributed by atoms with Crippen LogP contribution in [0.25, 0.3) is 11.3 Å². The fourth-order valence-corrected chi connectivity index (χ4v) is 3.90. The second-order valence-corrected chi connectivity index (χ2v) is 9.62. The van der Waals surface area contributed by atoms with Gasteiger partial charge in [-0.05, 0) is 63.3 Å². The number of ether oxygens (including phenoxy) is 1. The average Bonchev–Trinajstić information content (AvgIpc) is 3.28. The number of hydrogen-bond donors (Lipinski definition) is 0. The van der Waals surface area contributed by atoms with Crippen LogP contribution in [-0.4, -0.2) is 36.1 Å². The van der Waals surface area contributed by atoms with Gasteiger partial charge in [-0.1, -0.05) is 23.7 Å². The molecule has 1 amide bonds. The maximum absolute atomic E-state index is 13.3. The first-order valence-electron chi connectivity index (χ1n) is 10.9. The number of carbonyl (C=O) groups excluding carboxylic acids is 1. The molecule has 0 N–H and O–H groups in total. The minimum atomic E-state index is -0.654. The third-order valence-electron chi connectivity index (χ3n) is 5.40. The van der Waals surface area contributed by atoms with Crippen molar-refractivity contribution < 1.29 is 9.53 Å². The van der Waals surface area contributed by atoms with Gasteiger partial charge >= 0.3 is 6.09 Å². The van der Waals surface area contributed by atoms with Crippen LogP contribution in [0, 0.1) is 0 Å². The van der Waals surface area contributed by atoms with Crippen LogP contribution in [0.4, 0.5) is 10.6 Å². The summed E-state index contributed by atoms with van der Waals surface area (Å²) in [7, 11) is 0. The van der Waals surface area contributed by atoms with Gasteiger partial charge in [0.15, 0.2) is 5.65 Å². The van der Waals surface area contributed by atoms with Crippen molar-refractivity contribution in [1.82, 2.24) is 24.4 Å².